The normalized spacial score (nSPS) is 14.4. The molecular weight excluding hydrogens is 252 g/mol. The van der Waals surface area contributed by atoms with E-state index in [-0.39, 0.29) is 11.3 Å². The Balaban J connectivity index is 1.82. The molecule has 2 rings (SSSR count). The zero-order chi connectivity index (χ0) is 14.6. The molecule has 0 spiro atoms. The molecule has 110 valence electrons. The predicted molar refractivity (Wildman–Crippen MR) is 81.2 cm³/mol. The maximum absolute atomic E-state index is 11.8. The van der Waals surface area contributed by atoms with Crippen molar-refractivity contribution < 1.29 is 9.53 Å². The predicted octanol–water partition coefficient (Wildman–Crippen LogP) is 2.44. The number of hydrogen-bond donors (Lipinski definition) is 1. The Kier molecular flexibility index (Phi) is 4.53. The standard InChI is InChI=1S/C16H24N2O2/c1-16(2,3)12-15(19)17-8-9-18-10-11-20-14-7-5-4-6-13(14)18/h4-7H,8-12H2,1-3H3,(H,17,19). The van der Waals surface area contributed by atoms with Crippen LogP contribution < -0.4 is 15.0 Å². The molecule has 0 aliphatic carbocycles. The van der Waals surface area contributed by atoms with Crippen molar-refractivity contribution in [2.75, 3.05) is 31.1 Å². The molecule has 1 amide bonds. The van der Waals surface area contributed by atoms with Crippen LogP contribution >= 0.6 is 0 Å². The van der Waals surface area contributed by atoms with Crippen LogP contribution in [0.2, 0.25) is 0 Å². The fraction of sp³-hybridized carbons (Fsp3) is 0.562. The summed E-state index contributed by atoms with van der Waals surface area (Å²) in [5.74, 6) is 1.05. The maximum Gasteiger partial charge on any atom is 0.220 e. The van der Waals surface area contributed by atoms with Crippen LogP contribution in [-0.2, 0) is 4.79 Å². The zero-order valence-electron chi connectivity index (χ0n) is 12.6. The molecule has 1 N–H and O–H groups in total. The van der Waals surface area contributed by atoms with Gasteiger partial charge in [-0.05, 0) is 17.5 Å². The van der Waals surface area contributed by atoms with Crippen molar-refractivity contribution in [2.24, 2.45) is 5.41 Å². The first-order chi connectivity index (χ1) is 9.46. The largest absolute Gasteiger partial charge is 0.490 e. The quantitative estimate of drug-likeness (QED) is 0.918. The number of carbonyl (C=O) groups is 1. The van der Waals surface area contributed by atoms with Crippen LogP contribution in [-0.4, -0.2) is 32.1 Å². The van der Waals surface area contributed by atoms with Gasteiger partial charge in [-0.1, -0.05) is 32.9 Å². The number of para-hydroxylation sites is 2. The SMILES string of the molecule is CC(C)(C)CC(=O)NCCN1CCOc2ccccc21. The fourth-order valence-corrected chi connectivity index (χ4v) is 2.33. The molecule has 1 aromatic rings. The van der Waals surface area contributed by atoms with Gasteiger partial charge in [-0.25, -0.2) is 0 Å². The van der Waals surface area contributed by atoms with Gasteiger partial charge in [0.1, 0.15) is 12.4 Å². The Labute approximate surface area is 121 Å². The first-order valence-corrected chi connectivity index (χ1v) is 7.19. The molecule has 0 unspecified atom stereocenters. The Bertz CT molecular complexity index is 466. The van der Waals surface area contributed by atoms with Crippen LogP contribution in [0.5, 0.6) is 5.75 Å². The second-order valence-corrected chi connectivity index (χ2v) is 6.39. The van der Waals surface area contributed by atoms with Crippen molar-refractivity contribution in [1.29, 1.82) is 0 Å². The van der Waals surface area contributed by atoms with Crippen LogP contribution in [0.3, 0.4) is 0 Å². The van der Waals surface area contributed by atoms with Gasteiger partial charge in [0.15, 0.2) is 0 Å². The molecule has 1 aliphatic heterocycles. The molecule has 20 heavy (non-hydrogen) atoms. The molecule has 4 nitrogen and oxygen atoms in total. The molecule has 0 saturated carbocycles. The van der Waals surface area contributed by atoms with E-state index in [0.29, 0.717) is 19.6 Å². The number of fused-ring (bicyclic) bond motifs is 1. The number of rotatable bonds is 4. The zero-order valence-corrected chi connectivity index (χ0v) is 12.6. The average Bonchev–Trinajstić information content (AvgIpc) is 2.37. The molecule has 1 aliphatic rings. The minimum Gasteiger partial charge on any atom is -0.490 e. The highest BCUT2D eigenvalue weighted by atomic mass is 16.5. The summed E-state index contributed by atoms with van der Waals surface area (Å²) >= 11 is 0. The van der Waals surface area contributed by atoms with E-state index in [1.54, 1.807) is 0 Å². The molecular formula is C16H24N2O2. The van der Waals surface area contributed by atoms with E-state index in [0.717, 1.165) is 24.5 Å². The topological polar surface area (TPSA) is 41.6 Å². The highest BCUT2D eigenvalue weighted by Crippen LogP contribution is 2.30. The number of hydrogen-bond acceptors (Lipinski definition) is 3. The number of benzene rings is 1. The van der Waals surface area contributed by atoms with Crippen molar-refractivity contribution in [3.63, 3.8) is 0 Å². The van der Waals surface area contributed by atoms with Gasteiger partial charge >= 0.3 is 0 Å². The Hall–Kier alpha value is -1.71. The van der Waals surface area contributed by atoms with Gasteiger partial charge in [0.2, 0.25) is 5.91 Å². The maximum atomic E-state index is 11.8. The molecule has 0 radical (unpaired) electrons. The van der Waals surface area contributed by atoms with Crippen molar-refractivity contribution >= 4 is 11.6 Å². The van der Waals surface area contributed by atoms with Gasteiger partial charge in [-0.15, -0.1) is 0 Å². The van der Waals surface area contributed by atoms with E-state index < -0.39 is 0 Å². The smallest absolute Gasteiger partial charge is 0.220 e. The van der Waals surface area contributed by atoms with E-state index in [1.165, 1.54) is 0 Å². The third-order valence-corrected chi connectivity index (χ3v) is 3.22. The van der Waals surface area contributed by atoms with E-state index in [4.69, 9.17) is 4.74 Å². The van der Waals surface area contributed by atoms with Crippen molar-refractivity contribution in [3.8, 4) is 5.75 Å². The number of ether oxygens (including phenoxy) is 1. The molecule has 0 saturated heterocycles. The molecule has 0 atom stereocenters. The third-order valence-electron chi connectivity index (χ3n) is 3.22. The summed E-state index contributed by atoms with van der Waals surface area (Å²) in [7, 11) is 0. The van der Waals surface area contributed by atoms with Crippen molar-refractivity contribution in [1.82, 2.24) is 5.32 Å². The first kappa shape index (κ1) is 14.7. The summed E-state index contributed by atoms with van der Waals surface area (Å²) in [5.41, 5.74) is 1.15. The van der Waals surface area contributed by atoms with E-state index >= 15 is 0 Å². The molecule has 0 aromatic heterocycles. The Morgan fingerprint density at radius 3 is 2.85 bits per heavy atom. The van der Waals surface area contributed by atoms with Gasteiger partial charge in [0.25, 0.3) is 0 Å². The van der Waals surface area contributed by atoms with E-state index in [1.807, 2.05) is 18.2 Å². The van der Waals surface area contributed by atoms with E-state index in [2.05, 4.69) is 37.1 Å². The average molecular weight is 276 g/mol. The number of nitrogens with zero attached hydrogens (tertiary/aromatic N) is 1. The lowest BCUT2D eigenvalue weighted by molar-refractivity contribution is -0.122. The summed E-state index contributed by atoms with van der Waals surface area (Å²) in [5, 5.41) is 3.00. The monoisotopic (exact) mass is 276 g/mol. The summed E-state index contributed by atoms with van der Waals surface area (Å²) in [6, 6.07) is 8.04. The first-order valence-electron chi connectivity index (χ1n) is 7.19. The summed E-state index contributed by atoms with van der Waals surface area (Å²) in [6.45, 7) is 9.28. The summed E-state index contributed by atoms with van der Waals surface area (Å²) < 4.78 is 5.62. The van der Waals surface area contributed by atoms with E-state index in [9.17, 15) is 4.79 Å². The van der Waals surface area contributed by atoms with Crippen LogP contribution in [0.15, 0.2) is 24.3 Å². The minimum atomic E-state index is 0.0373. The fourth-order valence-electron chi connectivity index (χ4n) is 2.33. The molecule has 4 heteroatoms. The summed E-state index contributed by atoms with van der Waals surface area (Å²) in [6.07, 6.45) is 0.562. The number of nitrogens with one attached hydrogen (secondary N) is 1. The highest BCUT2D eigenvalue weighted by molar-refractivity contribution is 5.76. The number of amides is 1. The van der Waals surface area contributed by atoms with Gasteiger partial charge in [0, 0.05) is 19.5 Å². The third kappa shape index (κ3) is 4.15. The molecule has 1 aromatic carbocycles. The second kappa shape index (κ2) is 6.16. The second-order valence-electron chi connectivity index (χ2n) is 6.39. The van der Waals surface area contributed by atoms with Gasteiger partial charge < -0.3 is 15.0 Å². The number of anilines is 1. The van der Waals surface area contributed by atoms with Gasteiger partial charge in [-0.3, -0.25) is 4.79 Å². The Morgan fingerprint density at radius 2 is 2.10 bits per heavy atom. The molecule has 1 heterocycles. The lowest BCUT2D eigenvalue weighted by Gasteiger charge is -2.31. The van der Waals surface area contributed by atoms with Crippen LogP contribution in [0.4, 0.5) is 5.69 Å². The lowest BCUT2D eigenvalue weighted by atomic mass is 9.92. The van der Waals surface area contributed by atoms with Crippen LogP contribution in [0.25, 0.3) is 0 Å². The van der Waals surface area contributed by atoms with Crippen molar-refractivity contribution in [2.45, 2.75) is 27.2 Å². The highest BCUT2D eigenvalue weighted by Gasteiger charge is 2.18. The van der Waals surface area contributed by atoms with Crippen molar-refractivity contribution in [3.05, 3.63) is 24.3 Å². The van der Waals surface area contributed by atoms with Gasteiger partial charge in [-0.2, -0.15) is 0 Å². The number of carbonyl (C=O) groups excluding carboxylic acids is 1. The summed E-state index contributed by atoms with van der Waals surface area (Å²) in [4.78, 5) is 14.1. The Morgan fingerprint density at radius 1 is 1.35 bits per heavy atom. The van der Waals surface area contributed by atoms with Crippen LogP contribution in [0.1, 0.15) is 27.2 Å². The van der Waals surface area contributed by atoms with Gasteiger partial charge in [0.05, 0.1) is 12.2 Å². The van der Waals surface area contributed by atoms with Crippen LogP contribution in [0, 0.1) is 5.41 Å². The molecule has 0 fully saturated rings. The lowest BCUT2D eigenvalue weighted by Crippen LogP contribution is -2.39. The molecule has 0 bridgehead atoms. The minimum absolute atomic E-state index is 0.0373.